The molecule has 1 aliphatic rings. The fourth-order valence-electron chi connectivity index (χ4n) is 1.97. The van der Waals surface area contributed by atoms with Crippen molar-refractivity contribution in [2.24, 2.45) is 0 Å². The van der Waals surface area contributed by atoms with Gasteiger partial charge in [0.25, 0.3) is 0 Å². The largest absolute Gasteiger partial charge is 0.480 e. The van der Waals surface area contributed by atoms with Gasteiger partial charge in [0.05, 0.1) is 37.5 Å². The normalized spacial score (nSPS) is 16.7. The van der Waals surface area contributed by atoms with Crippen LogP contribution in [0.3, 0.4) is 0 Å². The van der Waals surface area contributed by atoms with Gasteiger partial charge in [0, 0.05) is 0 Å². The average molecular weight is 322 g/mol. The topological polar surface area (TPSA) is 99.1 Å². The number of rotatable bonds is 5. The second-order valence-electron chi connectivity index (χ2n) is 4.76. The van der Waals surface area contributed by atoms with Crippen molar-refractivity contribution in [3.05, 3.63) is 29.6 Å². The predicted molar refractivity (Wildman–Crippen MR) is 78.5 cm³/mol. The SMILES string of the molecule is O=C(O)CNCC#Cc1ccc(N2C[C@H](CO)OC2=O)cc1F. The first-order valence-corrected chi connectivity index (χ1v) is 6.81. The van der Waals surface area contributed by atoms with Gasteiger partial charge in [0.2, 0.25) is 0 Å². The number of aliphatic hydroxyl groups is 1. The lowest BCUT2D eigenvalue weighted by Gasteiger charge is -2.13. The summed E-state index contributed by atoms with van der Waals surface area (Å²) in [6.07, 6.45) is -1.26. The van der Waals surface area contributed by atoms with E-state index in [1.807, 2.05) is 0 Å². The maximum absolute atomic E-state index is 14.0. The number of nitrogens with zero attached hydrogens (tertiary/aromatic N) is 1. The van der Waals surface area contributed by atoms with Crippen molar-refractivity contribution < 1.29 is 28.9 Å². The van der Waals surface area contributed by atoms with Crippen LogP contribution in [0, 0.1) is 17.7 Å². The third-order valence-corrected chi connectivity index (χ3v) is 3.05. The number of carbonyl (C=O) groups is 2. The molecule has 1 aromatic carbocycles. The number of benzene rings is 1. The number of cyclic esters (lactones) is 1. The highest BCUT2D eigenvalue weighted by atomic mass is 19.1. The van der Waals surface area contributed by atoms with Crippen LogP contribution in [0.15, 0.2) is 18.2 Å². The predicted octanol–water partition coefficient (Wildman–Crippen LogP) is 0.169. The molecule has 0 aliphatic carbocycles. The number of anilines is 1. The van der Waals surface area contributed by atoms with E-state index in [4.69, 9.17) is 14.9 Å². The van der Waals surface area contributed by atoms with Gasteiger partial charge in [0.15, 0.2) is 0 Å². The van der Waals surface area contributed by atoms with Gasteiger partial charge in [-0.05, 0) is 18.2 Å². The summed E-state index contributed by atoms with van der Waals surface area (Å²) in [6.45, 7) is -0.250. The van der Waals surface area contributed by atoms with Crippen molar-refractivity contribution in [1.29, 1.82) is 0 Å². The fourth-order valence-corrected chi connectivity index (χ4v) is 1.97. The number of carbonyl (C=O) groups excluding carboxylic acids is 1. The van der Waals surface area contributed by atoms with E-state index in [9.17, 15) is 14.0 Å². The first-order chi connectivity index (χ1) is 11.0. The van der Waals surface area contributed by atoms with E-state index in [2.05, 4.69) is 17.2 Å². The van der Waals surface area contributed by atoms with E-state index in [1.54, 1.807) is 0 Å². The summed E-state index contributed by atoms with van der Waals surface area (Å²) in [5.74, 6) is 3.59. The first kappa shape index (κ1) is 16.7. The Bertz CT molecular complexity index is 668. The number of hydrogen-bond donors (Lipinski definition) is 3. The van der Waals surface area contributed by atoms with E-state index in [1.165, 1.54) is 17.0 Å². The molecular weight excluding hydrogens is 307 g/mol. The van der Waals surface area contributed by atoms with Gasteiger partial charge < -0.3 is 14.9 Å². The number of carboxylic acid groups (broad SMARTS) is 1. The Morgan fingerprint density at radius 3 is 2.91 bits per heavy atom. The molecule has 23 heavy (non-hydrogen) atoms. The molecule has 1 heterocycles. The fraction of sp³-hybridized carbons (Fsp3) is 0.333. The van der Waals surface area contributed by atoms with Crippen molar-refractivity contribution in [2.75, 3.05) is 31.1 Å². The van der Waals surface area contributed by atoms with Crippen LogP contribution in [0.25, 0.3) is 0 Å². The molecule has 1 saturated heterocycles. The van der Waals surface area contributed by atoms with Gasteiger partial charge in [-0.15, -0.1) is 0 Å². The smallest absolute Gasteiger partial charge is 0.414 e. The summed E-state index contributed by atoms with van der Waals surface area (Å²) in [5.41, 5.74) is 0.454. The van der Waals surface area contributed by atoms with Gasteiger partial charge >= 0.3 is 12.1 Å². The second-order valence-corrected chi connectivity index (χ2v) is 4.76. The monoisotopic (exact) mass is 322 g/mol. The van der Waals surface area contributed by atoms with Crippen LogP contribution in [0.5, 0.6) is 0 Å². The molecule has 8 heteroatoms. The summed E-state index contributed by atoms with van der Waals surface area (Å²) in [4.78, 5) is 23.1. The molecule has 1 aliphatic heterocycles. The molecule has 1 fully saturated rings. The van der Waals surface area contributed by atoms with Gasteiger partial charge in [-0.25, -0.2) is 9.18 Å². The van der Waals surface area contributed by atoms with Gasteiger partial charge in [-0.2, -0.15) is 0 Å². The summed E-state index contributed by atoms with van der Waals surface area (Å²) < 4.78 is 18.9. The molecule has 0 bridgehead atoms. The quantitative estimate of drug-likeness (QED) is 0.528. The average Bonchev–Trinajstić information content (AvgIpc) is 2.89. The van der Waals surface area contributed by atoms with Crippen molar-refractivity contribution >= 4 is 17.7 Å². The van der Waals surface area contributed by atoms with Crippen LogP contribution in [0.1, 0.15) is 5.56 Å². The number of aliphatic hydroxyl groups excluding tert-OH is 1. The molecule has 122 valence electrons. The van der Waals surface area contributed by atoms with Crippen molar-refractivity contribution in [3.63, 3.8) is 0 Å². The number of ether oxygens (including phenoxy) is 1. The minimum absolute atomic E-state index is 0.115. The number of halogens is 1. The maximum atomic E-state index is 14.0. The van der Waals surface area contributed by atoms with E-state index >= 15 is 0 Å². The van der Waals surface area contributed by atoms with Crippen LogP contribution in [-0.2, 0) is 9.53 Å². The van der Waals surface area contributed by atoms with Crippen LogP contribution >= 0.6 is 0 Å². The summed E-state index contributed by atoms with van der Waals surface area (Å²) in [5, 5.41) is 20.0. The third kappa shape index (κ3) is 4.42. The lowest BCUT2D eigenvalue weighted by atomic mass is 10.2. The van der Waals surface area contributed by atoms with E-state index in [0.717, 1.165) is 6.07 Å². The molecule has 0 radical (unpaired) electrons. The molecule has 7 nitrogen and oxygen atoms in total. The number of amides is 1. The molecule has 0 saturated carbocycles. The molecule has 0 aromatic heterocycles. The summed E-state index contributed by atoms with van der Waals surface area (Å²) in [6, 6.07) is 4.11. The highest BCUT2D eigenvalue weighted by Crippen LogP contribution is 2.23. The molecule has 0 unspecified atom stereocenters. The van der Waals surface area contributed by atoms with Crippen LogP contribution in [0.2, 0.25) is 0 Å². The maximum Gasteiger partial charge on any atom is 0.414 e. The molecule has 1 atom stereocenters. The van der Waals surface area contributed by atoms with Crippen molar-refractivity contribution in [2.45, 2.75) is 6.10 Å². The molecule has 1 amide bonds. The van der Waals surface area contributed by atoms with Crippen molar-refractivity contribution in [1.82, 2.24) is 5.32 Å². The Labute approximate surface area is 131 Å². The van der Waals surface area contributed by atoms with Crippen LogP contribution in [0.4, 0.5) is 14.9 Å². The van der Waals surface area contributed by atoms with Gasteiger partial charge in [0.1, 0.15) is 11.9 Å². The minimum atomic E-state index is -0.999. The number of hydrogen-bond acceptors (Lipinski definition) is 5. The number of nitrogens with one attached hydrogen (secondary N) is 1. The lowest BCUT2D eigenvalue weighted by Crippen LogP contribution is -2.25. The number of carboxylic acids is 1. The first-order valence-electron chi connectivity index (χ1n) is 6.81. The molecule has 3 N–H and O–H groups in total. The van der Waals surface area contributed by atoms with Crippen molar-refractivity contribution in [3.8, 4) is 11.8 Å². The summed E-state index contributed by atoms with van der Waals surface area (Å²) in [7, 11) is 0. The van der Waals surface area contributed by atoms with E-state index in [0.29, 0.717) is 5.69 Å². The lowest BCUT2D eigenvalue weighted by molar-refractivity contribution is -0.135. The van der Waals surface area contributed by atoms with E-state index < -0.39 is 24.0 Å². The van der Waals surface area contributed by atoms with Gasteiger partial charge in [-0.1, -0.05) is 11.8 Å². The highest BCUT2D eigenvalue weighted by Gasteiger charge is 2.32. The Morgan fingerprint density at radius 2 is 2.30 bits per heavy atom. The number of aliphatic carboxylic acids is 1. The Hall–Kier alpha value is -2.63. The minimum Gasteiger partial charge on any atom is -0.480 e. The van der Waals surface area contributed by atoms with Crippen LogP contribution in [-0.4, -0.2) is 54.6 Å². The molecule has 0 spiro atoms. The Kier molecular flexibility index (Phi) is 5.51. The zero-order valence-electron chi connectivity index (χ0n) is 12.1. The van der Waals surface area contributed by atoms with Crippen LogP contribution < -0.4 is 10.2 Å². The zero-order chi connectivity index (χ0) is 16.8. The summed E-state index contributed by atoms with van der Waals surface area (Å²) >= 11 is 0. The second kappa shape index (κ2) is 7.58. The Balaban J connectivity index is 2.02. The van der Waals surface area contributed by atoms with E-state index in [-0.39, 0.29) is 31.8 Å². The zero-order valence-corrected chi connectivity index (χ0v) is 12.1. The van der Waals surface area contributed by atoms with Gasteiger partial charge in [-0.3, -0.25) is 15.0 Å². The Morgan fingerprint density at radius 1 is 1.52 bits per heavy atom. The highest BCUT2D eigenvalue weighted by molar-refractivity contribution is 5.89. The standard InChI is InChI=1S/C15H15FN2O5/c16-13-6-11(18-8-12(9-19)23-15(18)22)4-3-10(13)2-1-5-17-7-14(20)21/h3-4,6,12,17,19H,5,7-9H2,(H,20,21)/t12-/m1/s1. The molecule has 2 rings (SSSR count). The molecular formula is C15H15FN2O5. The molecule has 1 aromatic rings. The third-order valence-electron chi connectivity index (χ3n) is 3.05.